The first-order chi connectivity index (χ1) is 14.3. The molecule has 10 nitrogen and oxygen atoms in total. The number of alkyl halides is 3. The molecule has 2 aromatic rings. The van der Waals surface area contributed by atoms with Crippen LogP contribution in [0.25, 0.3) is 0 Å². The van der Waals surface area contributed by atoms with E-state index in [1.165, 1.54) is 13.1 Å². The zero-order valence-corrected chi connectivity index (χ0v) is 15.9. The molecule has 0 aromatic carbocycles. The second-order valence-corrected chi connectivity index (χ2v) is 6.56. The topological polar surface area (TPSA) is 122 Å². The smallest absolute Gasteiger partial charge is 0.433 e. The molecule has 162 valence electrons. The summed E-state index contributed by atoms with van der Waals surface area (Å²) in [5, 5.41) is 8.51. The molecule has 1 fully saturated rings. The minimum absolute atomic E-state index is 0.0385. The number of nitrogens with one attached hydrogen (secondary N) is 2. The maximum atomic E-state index is 12.7. The highest BCUT2D eigenvalue weighted by Crippen LogP contribution is 2.30. The van der Waals surface area contributed by atoms with E-state index in [4.69, 9.17) is 9.26 Å². The molecule has 0 atom stereocenters. The second-order valence-electron chi connectivity index (χ2n) is 6.56. The van der Waals surface area contributed by atoms with E-state index in [2.05, 4.69) is 25.8 Å². The Morgan fingerprint density at radius 2 is 2.13 bits per heavy atom. The van der Waals surface area contributed by atoms with Crippen molar-refractivity contribution in [2.75, 3.05) is 31.6 Å². The Hall–Kier alpha value is -3.38. The van der Waals surface area contributed by atoms with Gasteiger partial charge in [0.1, 0.15) is 5.69 Å². The summed E-state index contributed by atoms with van der Waals surface area (Å²) >= 11 is 0. The SMILES string of the molecule is CNC(=O)c1cc(COC(=O)NCCC2CN(c3nccc(C(F)(F)F)n3)C2)on1. The van der Waals surface area contributed by atoms with Crippen molar-refractivity contribution >= 4 is 17.9 Å². The van der Waals surface area contributed by atoms with Crippen LogP contribution in [0.5, 0.6) is 0 Å². The third kappa shape index (κ3) is 5.36. The van der Waals surface area contributed by atoms with Crippen molar-refractivity contribution in [2.24, 2.45) is 5.92 Å². The van der Waals surface area contributed by atoms with Gasteiger partial charge in [-0.1, -0.05) is 5.16 Å². The van der Waals surface area contributed by atoms with Crippen LogP contribution in [0.3, 0.4) is 0 Å². The molecule has 0 saturated carbocycles. The van der Waals surface area contributed by atoms with Gasteiger partial charge in [0.15, 0.2) is 18.1 Å². The van der Waals surface area contributed by atoms with Gasteiger partial charge in [0.05, 0.1) is 0 Å². The Morgan fingerprint density at radius 1 is 1.37 bits per heavy atom. The average Bonchev–Trinajstić information content (AvgIpc) is 3.16. The van der Waals surface area contributed by atoms with Crippen LogP contribution < -0.4 is 15.5 Å². The lowest BCUT2D eigenvalue weighted by molar-refractivity contribution is -0.141. The van der Waals surface area contributed by atoms with E-state index in [1.54, 1.807) is 4.90 Å². The van der Waals surface area contributed by atoms with Gasteiger partial charge in [0.25, 0.3) is 5.91 Å². The third-order valence-electron chi connectivity index (χ3n) is 4.36. The molecule has 30 heavy (non-hydrogen) atoms. The van der Waals surface area contributed by atoms with Crippen LogP contribution in [0.15, 0.2) is 22.9 Å². The molecule has 0 spiro atoms. The van der Waals surface area contributed by atoms with E-state index >= 15 is 0 Å². The first-order valence-electron chi connectivity index (χ1n) is 8.99. The Labute approximate surface area is 168 Å². The van der Waals surface area contributed by atoms with E-state index in [0.29, 0.717) is 26.1 Å². The molecule has 13 heteroatoms. The molecule has 2 aromatic heterocycles. The van der Waals surface area contributed by atoms with Crippen LogP contribution in [-0.2, 0) is 17.5 Å². The largest absolute Gasteiger partial charge is 0.441 e. The highest BCUT2D eigenvalue weighted by Gasteiger charge is 2.35. The number of alkyl carbamates (subject to hydrolysis) is 1. The maximum Gasteiger partial charge on any atom is 0.433 e. The van der Waals surface area contributed by atoms with Crippen LogP contribution >= 0.6 is 0 Å². The Morgan fingerprint density at radius 3 is 2.83 bits per heavy atom. The van der Waals surface area contributed by atoms with E-state index in [0.717, 1.165) is 12.3 Å². The number of hydrogen-bond acceptors (Lipinski definition) is 8. The maximum absolute atomic E-state index is 12.7. The fraction of sp³-hybridized carbons (Fsp3) is 0.471. The second kappa shape index (κ2) is 8.97. The summed E-state index contributed by atoms with van der Waals surface area (Å²) in [5.74, 6) is 0.0310. The fourth-order valence-corrected chi connectivity index (χ4v) is 2.76. The predicted molar refractivity (Wildman–Crippen MR) is 95.4 cm³/mol. The lowest BCUT2D eigenvalue weighted by Gasteiger charge is -2.39. The molecule has 0 unspecified atom stereocenters. The summed E-state index contributed by atoms with van der Waals surface area (Å²) in [4.78, 5) is 32.1. The Bertz CT molecular complexity index is 898. The summed E-state index contributed by atoms with van der Waals surface area (Å²) in [6.07, 6.45) is -3.47. The minimum Gasteiger partial charge on any atom is -0.441 e. The number of aromatic nitrogens is 3. The van der Waals surface area contributed by atoms with Gasteiger partial charge in [-0.2, -0.15) is 13.2 Å². The number of ether oxygens (including phenoxy) is 1. The number of rotatable bonds is 7. The van der Waals surface area contributed by atoms with Gasteiger partial charge in [-0.05, 0) is 18.4 Å². The highest BCUT2D eigenvalue weighted by atomic mass is 19.4. The molecular weight excluding hydrogens is 409 g/mol. The van der Waals surface area contributed by atoms with Crippen LogP contribution in [0, 0.1) is 5.92 Å². The predicted octanol–water partition coefficient (Wildman–Crippen LogP) is 1.60. The first kappa shape index (κ1) is 21.3. The standard InChI is InChI=1S/C17H19F3N6O4/c1-21-14(27)12-6-11(30-25-12)9-29-16(28)23-4-2-10-7-26(8-10)15-22-5-3-13(24-15)17(18,19)20/h3,5-6,10H,2,4,7-9H2,1H3,(H,21,27)(H,23,28). The number of hydrogen-bond donors (Lipinski definition) is 2. The van der Waals surface area contributed by atoms with Gasteiger partial charge in [0.2, 0.25) is 5.95 Å². The van der Waals surface area contributed by atoms with Gasteiger partial charge >= 0.3 is 12.3 Å². The van der Waals surface area contributed by atoms with Gasteiger partial charge in [-0.15, -0.1) is 0 Å². The molecule has 1 aliphatic rings. The number of amides is 2. The van der Waals surface area contributed by atoms with Crippen LogP contribution in [0.4, 0.5) is 23.9 Å². The minimum atomic E-state index is -4.51. The van der Waals surface area contributed by atoms with Crippen molar-refractivity contribution in [3.63, 3.8) is 0 Å². The molecule has 2 N–H and O–H groups in total. The Kier molecular flexibility index (Phi) is 6.37. The zero-order chi connectivity index (χ0) is 21.7. The van der Waals surface area contributed by atoms with Crippen LogP contribution in [0.1, 0.15) is 28.4 Å². The summed E-state index contributed by atoms with van der Waals surface area (Å²) in [6, 6.07) is 2.19. The van der Waals surface area contributed by atoms with Crippen molar-refractivity contribution in [2.45, 2.75) is 19.2 Å². The first-order valence-corrected chi connectivity index (χ1v) is 8.99. The normalized spacial score (nSPS) is 14.2. The fourth-order valence-electron chi connectivity index (χ4n) is 2.76. The molecule has 0 bridgehead atoms. The monoisotopic (exact) mass is 428 g/mol. The molecule has 1 aliphatic heterocycles. The van der Waals surface area contributed by atoms with E-state index in [9.17, 15) is 22.8 Å². The molecule has 0 radical (unpaired) electrons. The van der Waals surface area contributed by atoms with E-state index < -0.39 is 23.9 Å². The van der Waals surface area contributed by atoms with Crippen LogP contribution in [-0.4, -0.2) is 53.8 Å². The number of carbonyl (C=O) groups is 2. The quantitative estimate of drug-likeness (QED) is 0.682. The summed E-state index contributed by atoms with van der Waals surface area (Å²) in [5.41, 5.74) is -0.898. The number of anilines is 1. The van der Waals surface area contributed by atoms with Crippen molar-refractivity contribution in [1.82, 2.24) is 25.8 Å². The number of carbonyl (C=O) groups excluding carboxylic acids is 2. The third-order valence-corrected chi connectivity index (χ3v) is 4.36. The molecule has 3 rings (SSSR count). The molecule has 1 saturated heterocycles. The van der Waals surface area contributed by atoms with Crippen molar-refractivity contribution in [3.8, 4) is 0 Å². The van der Waals surface area contributed by atoms with Gasteiger partial charge in [-0.25, -0.2) is 14.8 Å². The highest BCUT2D eigenvalue weighted by molar-refractivity contribution is 5.91. The van der Waals surface area contributed by atoms with Crippen LogP contribution in [0.2, 0.25) is 0 Å². The van der Waals surface area contributed by atoms with Gasteiger partial charge in [0, 0.05) is 38.9 Å². The molecule has 2 amide bonds. The Balaban J connectivity index is 1.34. The molecular formula is C17H19F3N6O4. The number of halogens is 3. The number of nitrogens with zero attached hydrogens (tertiary/aromatic N) is 4. The van der Waals surface area contributed by atoms with Crippen molar-refractivity contribution in [3.05, 3.63) is 35.5 Å². The van der Waals surface area contributed by atoms with E-state index in [1.807, 2.05) is 0 Å². The zero-order valence-electron chi connectivity index (χ0n) is 15.9. The van der Waals surface area contributed by atoms with Crippen molar-refractivity contribution < 1.29 is 32.0 Å². The lowest BCUT2D eigenvalue weighted by atomic mass is 9.97. The summed E-state index contributed by atoms with van der Waals surface area (Å²) < 4.78 is 48.0. The summed E-state index contributed by atoms with van der Waals surface area (Å²) in [6.45, 7) is 1.15. The van der Waals surface area contributed by atoms with Gasteiger partial charge < -0.3 is 24.8 Å². The lowest BCUT2D eigenvalue weighted by Crippen LogP contribution is -2.48. The molecule has 0 aliphatic carbocycles. The molecule has 3 heterocycles. The van der Waals surface area contributed by atoms with E-state index in [-0.39, 0.29) is 29.9 Å². The summed E-state index contributed by atoms with van der Waals surface area (Å²) in [7, 11) is 1.45. The van der Waals surface area contributed by atoms with Gasteiger partial charge in [-0.3, -0.25) is 4.79 Å². The average molecular weight is 428 g/mol. The van der Waals surface area contributed by atoms with Crippen molar-refractivity contribution in [1.29, 1.82) is 0 Å².